The van der Waals surface area contributed by atoms with Gasteiger partial charge in [-0.2, -0.15) is 0 Å². The summed E-state index contributed by atoms with van der Waals surface area (Å²) >= 11 is 0. The van der Waals surface area contributed by atoms with Gasteiger partial charge in [0.1, 0.15) is 0 Å². The molecule has 1 aliphatic carbocycles. The molecule has 2 rings (SSSR count). The van der Waals surface area contributed by atoms with Gasteiger partial charge in [-0.25, -0.2) is 4.79 Å². The van der Waals surface area contributed by atoms with Gasteiger partial charge < -0.3 is 14.7 Å². The highest BCUT2D eigenvalue weighted by Gasteiger charge is 2.38. The predicted octanol–water partition coefficient (Wildman–Crippen LogP) is 2.94. The Morgan fingerprint density at radius 3 is 2.53 bits per heavy atom. The Balaban J connectivity index is 2.04. The van der Waals surface area contributed by atoms with Crippen LogP contribution in [0.1, 0.15) is 58.8 Å². The number of hydrogen-bond acceptors (Lipinski definition) is 3. The first-order valence-electron chi connectivity index (χ1n) is 7.75. The topological polar surface area (TPSA) is 49.8 Å². The van der Waals surface area contributed by atoms with Crippen molar-refractivity contribution in [3.05, 3.63) is 0 Å². The van der Waals surface area contributed by atoms with Crippen LogP contribution in [0.5, 0.6) is 0 Å². The molecule has 1 saturated carbocycles. The summed E-state index contributed by atoms with van der Waals surface area (Å²) in [5.74, 6) is 0.244. The number of rotatable bonds is 2. The van der Waals surface area contributed by atoms with Gasteiger partial charge in [0.15, 0.2) is 0 Å². The van der Waals surface area contributed by atoms with Crippen LogP contribution < -0.4 is 0 Å². The van der Waals surface area contributed by atoms with Crippen molar-refractivity contribution >= 4 is 6.09 Å². The highest BCUT2D eigenvalue weighted by atomic mass is 16.6. The van der Waals surface area contributed by atoms with E-state index in [2.05, 4.69) is 0 Å². The summed E-state index contributed by atoms with van der Waals surface area (Å²) in [5.41, 5.74) is 0. The maximum Gasteiger partial charge on any atom is 0.410 e. The van der Waals surface area contributed by atoms with Crippen molar-refractivity contribution in [2.75, 3.05) is 6.54 Å². The van der Waals surface area contributed by atoms with E-state index in [-0.39, 0.29) is 30.3 Å². The molecule has 0 spiro atoms. The zero-order valence-corrected chi connectivity index (χ0v) is 12.2. The number of likely N-dealkylation sites (tertiary alicyclic amines) is 1. The number of aliphatic hydroxyl groups excluding tert-OH is 1. The normalized spacial score (nSPS) is 32.4. The van der Waals surface area contributed by atoms with E-state index >= 15 is 0 Å². The van der Waals surface area contributed by atoms with Crippen molar-refractivity contribution in [1.82, 2.24) is 4.90 Å². The lowest BCUT2D eigenvalue weighted by molar-refractivity contribution is -0.0117. The van der Waals surface area contributed by atoms with Crippen molar-refractivity contribution in [2.24, 2.45) is 5.92 Å². The number of amides is 1. The summed E-state index contributed by atoms with van der Waals surface area (Å²) in [6.45, 7) is 4.54. The van der Waals surface area contributed by atoms with Crippen molar-refractivity contribution in [3.63, 3.8) is 0 Å². The van der Waals surface area contributed by atoms with Crippen LogP contribution in [-0.2, 0) is 4.74 Å². The highest BCUT2D eigenvalue weighted by molar-refractivity contribution is 5.68. The summed E-state index contributed by atoms with van der Waals surface area (Å²) < 4.78 is 5.35. The van der Waals surface area contributed by atoms with Crippen LogP contribution >= 0.6 is 0 Å². The molecule has 110 valence electrons. The molecule has 1 aliphatic heterocycles. The first-order valence-corrected chi connectivity index (χ1v) is 7.75. The number of nitrogens with zero attached hydrogens (tertiary/aromatic N) is 1. The van der Waals surface area contributed by atoms with E-state index in [4.69, 9.17) is 4.74 Å². The molecule has 3 atom stereocenters. The molecule has 0 aromatic heterocycles. The lowest BCUT2D eigenvalue weighted by Crippen LogP contribution is -2.51. The van der Waals surface area contributed by atoms with E-state index in [0.717, 1.165) is 45.1 Å². The van der Waals surface area contributed by atoms with E-state index in [1.165, 1.54) is 6.42 Å². The minimum Gasteiger partial charge on any atom is -0.447 e. The molecular weight excluding hydrogens is 242 g/mol. The average Bonchev–Trinajstić information content (AvgIpc) is 2.38. The van der Waals surface area contributed by atoms with Crippen LogP contribution in [0.2, 0.25) is 0 Å². The van der Waals surface area contributed by atoms with Crippen molar-refractivity contribution in [2.45, 2.75) is 77.0 Å². The lowest BCUT2D eigenvalue weighted by Gasteiger charge is -2.43. The second-order valence-corrected chi connectivity index (χ2v) is 6.20. The molecule has 1 N–H and O–H groups in total. The number of ether oxygens (including phenoxy) is 1. The van der Waals surface area contributed by atoms with Gasteiger partial charge in [0.25, 0.3) is 0 Å². The molecule has 0 aromatic carbocycles. The van der Waals surface area contributed by atoms with E-state index < -0.39 is 0 Å². The van der Waals surface area contributed by atoms with E-state index in [9.17, 15) is 9.90 Å². The molecule has 1 heterocycles. The smallest absolute Gasteiger partial charge is 0.410 e. The third-order valence-corrected chi connectivity index (χ3v) is 4.40. The van der Waals surface area contributed by atoms with Gasteiger partial charge in [-0.3, -0.25) is 0 Å². The summed E-state index contributed by atoms with van der Waals surface area (Å²) in [5, 5.41) is 10.2. The average molecular weight is 269 g/mol. The third-order valence-electron chi connectivity index (χ3n) is 4.40. The first kappa shape index (κ1) is 14.6. The van der Waals surface area contributed by atoms with Gasteiger partial charge in [0.2, 0.25) is 0 Å². The van der Waals surface area contributed by atoms with Crippen LogP contribution in [0.25, 0.3) is 0 Å². The Labute approximate surface area is 116 Å². The van der Waals surface area contributed by atoms with Gasteiger partial charge >= 0.3 is 6.09 Å². The molecule has 4 heteroatoms. The SMILES string of the molecule is CC(C)OC(=O)N1CCCCC1C1CCCCC1O. The van der Waals surface area contributed by atoms with Gasteiger partial charge in [0, 0.05) is 18.5 Å². The lowest BCUT2D eigenvalue weighted by atomic mass is 9.78. The maximum absolute atomic E-state index is 12.2. The Hall–Kier alpha value is -0.770. The quantitative estimate of drug-likeness (QED) is 0.838. The van der Waals surface area contributed by atoms with Crippen LogP contribution in [0.3, 0.4) is 0 Å². The molecule has 1 amide bonds. The minimum absolute atomic E-state index is 0.0774. The summed E-state index contributed by atoms with van der Waals surface area (Å²) in [4.78, 5) is 14.1. The molecule has 1 saturated heterocycles. The van der Waals surface area contributed by atoms with Crippen LogP contribution in [0.15, 0.2) is 0 Å². The Bertz CT molecular complexity index is 306. The van der Waals surface area contributed by atoms with Crippen molar-refractivity contribution < 1.29 is 14.6 Å². The molecular formula is C15H27NO3. The maximum atomic E-state index is 12.2. The Morgan fingerprint density at radius 2 is 1.84 bits per heavy atom. The standard InChI is InChI=1S/C15H27NO3/c1-11(2)19-15(18)16-10-6-5-8-13(16)12-7-3-4-9-14(12)17/h11-14,17H,3-10H2,1-2H3. The molecule has 2 fully saturated rings. The van der Waals surface area contributed by atoms with Gasteiger partial charge in [-0.05, 0) is 46.0 Å². The van der Waals surface area contributed by atoms with Crippen LogP contribution in [-0.4, -0.2) is 40.9 Å². The largest absolute Gasteiger partial charge is 0.447 e. The minimum atomic E-state index is -0.244. The predicted molar refractivity (Wildman–Crippen MR) is 73.9 cm³/mol. The summed E-state index contributed by atoms with van der Waals surface area (Å²) in [6.07, 6.45) is 6.90. The first-order chi connectivity index (χ1) is 9.09. The highest BCUT2D eigenvalue weighted by Crippen LogP contribution is 2.34. The fourth-order valence-electron chi connectivity index (χ4n) is 3.49. The van der Waals surface area contributed by atoms with Crippen LogP contribution in [0, 0.1) is 5.92 Å². The van der Waals surface area contributed by atoms with E-state index in [1.807, 2.05) is 18.7 Å². The Kier molecular flexibility index (Phi) is 5.08. The fraction of sp³-hybridized carbons (Fsp3) is 0.933. The number of carbonyl (C=O) groups excluding carboxylic acids is 1. The zero-order chi connectivity index (χ0) is 13.8. The van der Waals surface area contributed by atoms with Crippen molar-refractivity contribution in [1.29, 1.82) is 0 Å². The Morgan fingerprint density at radius 1 is 1.16 bits per heavy atom. The second-order valence-electron chi connectivity index (χ2n) is 6.20. The van der Waals surface area contributed by atoms with E-state index in [1.54, 1.807) is 0 Å². The van der Waals surface area contributed by atoms with Gasteiger partial charge in [-0.15, -0.1) is 0 Å². The second kappa shape index (κ2) is 6.60. The third kappa shape index (κ3) is 3.62. The summed E-state index contributed by atoms with van der Waals surface area (Å²) in [6, 6.07) is 0.176. The fourth-order valence-corrected chi connectivity index (χ4v) is 3.49. The molecule has 19 heavy (non-hydrogen) atoms. The number of aliphatic hydroxyl groups is 1. The number of piperidine rings is 1. The van der Waals surface area contributed by atoms with Gasteiger partial charge in [0.05, 0.1) is 12.2 Å². The molecule has 0 aromatic rings. The zero-order valence-electron chi connectivity index (χ0n) is 12.2. The van der Waals surface area contributed by atoms with Crippen LogP contribution in [0.4, 0.5) is 4.79 Å². The molecule has 4 nitrogen and oxygen atoms in total. The molecule has 3 unspecified atom stereocenters. The number of hydrogen-bond donors (Lipinski definition) is 1. The molecule has 0 radical (unpaired) electrons. The molecule has 0 bridgehead atoms. The van der Waals surface area contributed by atoms with Gasteiger partial charge in [-0.1, -0.05) is 12.8 Å². The van der Waals surface area contributed by atoms with E-state index in [0.29, 0.717) is 0 Å². The molecule has 2 aliphatic rings. The monoisotopic (exact) mass is 269 g/mol. The number of carbonyl (C=O) groups is 1. The summed E-state index contributed by atoms with van der Waals surface area (Å²) in [7, 11) is 0. The van der Waals surface area contributed by atoms with Crippen molar-refractivity contribution in [3.8, 4) is 0 Å².